The first-order valence-electron chi connectivity index (χ1n) is 5.47. The fraction of sp³-hybridized carbons (Fsp3) is 0.500. The fourth-order valence-corrected chi connectivity index (χ4v) is 1.33. The van der Waals surface area contributed by atoms with Crippen molar-refractivity contribution in [2.24, 2.45) is 0 Å². The second-order valence-corrected chi connectivity index (χ2v) is 4.15. The van der Waals surface area contributed by atoms with Crippen molar-refractivity contribution < 1.29 is 9.90 Å². The summed E-state index contributed by atoms with van der Waals surface area (Å²) in [5.74, 6) is -0.197. The van der Waals surface area contributed by atoms with Crippen LogP contribution < -0.4 is 5.32 Å². The molecular weight excluding hydrogens is 204 g/mol. The molecule has 4 heteroatoms. The Morgan fingerprint density at radius 3 is 2.56 bits per heavy atom. The van der Waals surface area contributed by atoms with Gasteiger partial charge < -0.3 is 10.4 Å². The number of pyridine rings is 1. The number of hydrogen-bond acceptors (Lipinski definition) is 3. The monoisotopic (exact) mass is 222 g/mol. The zero-order chi connectivity index (χ0) is 12.2. The van der Waals surface area contributed by atoms with Gasteiger partial charge >= 0.3 is 0 Å². The average Bonchev–Trinajstić information content (AvgIpc) is 2.29. The maximum atomic E-state index is 11.9. The molecule has 0 aliphatic heterocycles. The van der Waals surface area contributed by atoms with E-state index in [2.05, 4.69) is 10.3 Å². The van der Waals surface area contributed by atoms with Gasteiger partial charge in [-0.2, -0.15) is 0 Å². The van der Waals surface area contributed by atoms with Crippen molar-refractivity contribution in [3.05, 3.63) is 24.0 Å². The summed E-state index contributed by atoms with van der Waals surface area (Å²) in [4.78, 5) is 15.6. The van der Waals surface area contributed by atoms with E-state index in [1.54, 1.807) is 0 Å². The van der Waals surface area contributed by atoms with Gasteiger partial charge in [-0.05, 0) is 25.8 Å². The number of aromatic hydroxyl groups is 1. The van der Waals surface area contributed by atoms with Crippen LogP contribution in [-0.4, -0.2) is 21.5 Å². The lowest BCUT2D eigenvalue weighted by Gasteiger charge is -2.28. The lowest BCUT2D eigenvalue weighted by atomic mass is 9.95. The Morgan fingerprint density at radius 2 is 2.06 bits per heavy atom. The Morgan fingerprint density at radius 1 is 1.44 bits per heavy atom. The molecule has 2 N–H and O–H groups in total. The van der Waals surface area contributed by atoms with Crippen LogP contribution in [0.5, 0.6) is 5.75 Å². The molecule has 0 aromatic carbocycles. The second-order valence-electron chi connectivity index (χ2n) is 4.15. The molecule has 4 nitrogen and oxygen atoms in total. The topological polar surface area (TPSA) is 62.2 Å². The molecule has 0 spiro atoms. The third-order valence-electron chi connectivity index (χ3n) is 2.96. The van der Waals surface area contributed by atoms with Crippen molar-refractivity contribution in [2.45, 2.75) is 39.2 Å². The molecule has 0 unspecified atom stereocenters. The highest BCUT2D eigenvalue weighted by Gasteiger charge is 2.22. The summed E-state index contributed by atoms with van der Waals surface area (Å²) in [6.07, 6.45) is 4.47. The Labute approximate surface area is 95.7 Å². The molecule has 0 fully saturated rings. The van der Waals surface area contributed by atoms with E-state index in [0.717, 1.165) is 12.8 Å². The van der Waals surface area contributed by atoms with E-state index in [0.29, 0.717) is 5.56 Å². The number of nitrogens with one attached hydrogen (secondary N) is 1. The SMILES string of the molecule is CCC(C)(CC)NC(=O)c1cncc(O)c1. The smallest absolute Gasteiger partial charge is 0.253 e. The summed E-state index contributed by atoms with van der Waals surface area (Å²) in [6.45, 7) is 6.07. The van der Waals surface area contributed by atoms with E-state index in [4.69, 9.17) is 0 Å². The second kappa shape index (κ2) is 4.96. The molecule has 0 radical (unpaired) electrons. The van der Waals surface area contributed by atoms with Gasteiger partial charge in [-0.15, -0.1) is 0 Å². The van der Waals surface area contributed by atoms with E-state index in [1.165, 1.54) is 18.5 Å². The summed E-state index contributed by atoms with van der Waals surface area (Å²) >= 11 is 0. The van der Waals surface area contributed by atoms with Gasteiger partial charge in [-0.3, -0.25) is 9.78 Å². The van der Waals surface area contributed by atoms with Gasteiger partial charge in [-0.25, -0.2) is 0 Å². The highest BCUT2D eigenvalue weighted by molar-refractivity contribution is 5.94. The minimum Gasteiger partial charge on any atom is -0.506 e. The van der Waals surface area contributed by atoms with Crippen molar-refractivity contribution in [3.8, 4) is 5.75 Å². The normalized spacial score (nSPS) is 11.2. The number of rotatable bonds is 4. The number of hydrogen-bond donors (Lipinski definition) is 2. The first kappa shape index (κ1) is 12.5. The minimum absolute atomic E-state index is 0.00218. The predicted octanol–water partition coefficient (Wildman–Crippen LogP) is 2.10. The molecule has 88 valence electrons. The van der Waals surface area contributed by atoms with Crippen LogP contribution in [0.4, 0.5) is 0 Å². The molecule has 1 rings (SSSR count). The number of aromatic nitrogens is 1. The molecule has 1 aromatic heterocycles. The maximum Gasteiger partial charge on any atom is 0.253 e. The highest BCUT2D eigenvalue weighted by atomic mass is 16.3. The van der Waals surface area contributed by atoms with Crippen molar-refractivity contribution in [3.63, 3.8) is 0 Å². The molecular formula is C12H18N2O2. The van der Waals surface area contributed by atoms with Crippen molar-refractivity contribution in [1.82, 2.24) is 10.3 Å². The molecule has 0 bridgehead atoms. The molecule has 0 atom stereocenters. The summed E-state index contributed by atoms with van der Waals surface area (Å²) < 4.78 is 0. The quantitative estimate of drug-likeness (QED) is 0.820. The van der Waals surface area contributed by atoms with Crippen LogP contribution in [0.1, 0.15) is 44.0 Å². The fourth-order valence-electron chi connectivity index (χ4n) is 1.33. The van der Waals surface area contributed by atoms with E-state index >= 15 is 0 Å². The van der Waals surface area contributed by atoms with E-state index < -0.39 is 0 Å². The standard InChI is InChI=1S/C12H18N2O2/c1-4-12(3,5-2)14-11(16)9-6-10(15)8-13-7-9/h6-8,15H,4-5H2,1-3H3,(H,14,16). The highest BCUT2D eigenvalue weighted by Crippen LogP contribution is 2.15. The van der Waals surface area contributed by atoms with Gasteiger partial charge in [-0.1, -0.05) is 13.8 Å². The van der Waals surface area contributed by atoms with E-state index in [-0.39, 0.29) is 17.2 Å². The Bertz CT molecular complexity index is 373. The van der Waals surface area contributed by atoms with Gasteiger partial charge in [0.15, 0.2) is 0 Å². The summed E-state index contributed by atoms with van der Waals surface area (Å²) in [5.41, 5.74) is 0.177. The van der Waals surface area contributed by atoms with Gasteiger partial charge in [0, 0.05) is 11.7 Å². The third-order valence-corrected chi connectivity index (χ3v) is 2.96. The maximum absolute atomic E-state index is 11.9. The van der Waals surface area contributed by atoms with Crippen LogP contribution in [0, 0.1) is 0 Å². The molecule has 0 aliphatic carbocycles. The Hall–Kier alpha value is -1.58. The van der Waals surface area contributed by atoms with E-state index in [1.807, 2.05) is 20.8 Å². The van der Waals surface area contributed by atoms with Gasteiger partial charge in [0.1, 0.15) is 5.75 Å². The third kappa shape index (κ3) is 2.95. The first-order valence-corrected chi connectivity index (χ1v) is 5.47. The van der Waals surface area contributed by atoms with Crippen molar-refractivity contribution in [1.29, 1.82) is 0 Å². The molecule has 16 heavy (non-hydrogen) atoms. The zero-order valence-corrected chi connectivity index (χ0v) is 9.95. The zero-order valence-electron chi connectivity index (χ0n) is 9.95. The van der Waals surface area contributed by atoms with Crippen LogP contribution in [0.2, 0.25) is 0 Å². The van der Waals surface area contributed by atoms with Gasteiger partial charge in [0.2, 0.25) is 0 Å². The average molecular weight is 222 g/mol. The van der Waals surface area contributed by atoms with Crippen LogP contribution >= 0.6 is 0 Å². The number of nitrogens with zero attached hydrogens (tertiary/aromatic N) is 1. The van der Waals surface area contributed by atoms with Crippen molar-refractivity contribution >= 4 is 5.91 Å². The largest absolute Gasteiger partial charge is 0.506 e. The summed E-state index contributed by atoms with van der Waals surface area (Å²) in [7, 11) is 0. The Kier molecular flexibility index (Phi) is 3.88. The van der Waals surface area contributed by atoms with Crippen LogP contribution in [0.15, 0.2) is 18.5 Å². The van der Waals surface area contributed by atoms with Crippen LogP contribution in [-0.2, 0) is 0 Å². The predicted molar refractivity (Wildman–Crippen MR) is 62.4 cm³/mol. The van der Waals surface area contributed by atoms with Crippen LogP contribution in [0.25, 0.3) is 0 Å². The van der Waals surface area contributed by atoms with Gasteiger partial charge in [0.05, 0.1) is 11.8 Å². The molecule has 0 saturated heterocycles. The minimum atomic E-state index is -0.206. The number of carbonyl (C=O) groups is 1. The molecule has 0 saturated carbocycles. The van der Waals surface area contributed by atoms with Gasteiger partial charge in [0.25, 0.3) is 5.91 Å². The lowest BCUT2D eigenvalue weighted by molar-refractivity contribution is 0.0900. The Balaban J connectivity index is 2.80. The lowest BCUT2D eigenvalue weighted by Crippen LogP contribution is -2.44. The van der Waals surface area contributed by atoms with E-state index in [9.17, 15) is 9.90 Å². The molecule has 1 aromatic rings. The summed E-state index contributed by atoms with van der Waals surface area (Å²) in [6, 6.07) is 1.41. The van der Waals surface area contributed by atoms with Crippen molar-refractivity contribution in [2.75, 3.05) is 0 Å². The van der Waals surface area contributed by atoms with Crippen LogP contribution in [0.3, 0.4) is 0 Å². The first-order chi connectivity index (χ1) is 7.50. The summed E-state index contributed by atoms with van der Waals surface area (Å²) in [5, 5.41) is 12.2. The molecule has 0 aliphatic rings. The molecule has 1 amide bonds. The molecule has 1 heterocycles. The number of carbonyl (C=O) groups excluding carboxylic acids is 1. The number of amides is 1.